The highest BCUT2D eigenvalue weighted by Gasteiger charge is 2.56. The molecule has 4 aliphatic heterocycles. The predicted octanol–water partition coefficient (Wildman–Crippen LogP) is -10.9. The van der Waals surface area contributed by atoms with Crippen LogP contribution in [0.1, 0.15) is 13.8 Å². The molecule has 0 aliphatic carbocycles. The van der Waals surface area contributed by atoms with E-state index in [9.17, 15) is 86.2 Å². The van der Waals surface area contributed by atoms with Gasteiger partial charge in [-0.05, 0) is 6.92 Å². The average Bonchev–Trinajstić information content (AvgIpc) is 3.20. The van der Waals surface area contributed by atoms with Crippen molar-refractivity contribution in [3.05, 3.63) is 0 Å². The summed E-state index contributed by atoms with van der Waals surface area (Å²) in [6.07, 6.45) is -42.8. The van der Waals surface area contributed by atoms with Gasteiger partial charge < -0.3 is 125 Å². The van der Waals surface area contributed by atoms with Crippen LogP contribution in [-0.4, -0.2) is 262 Å². The first-order valence-electron chi connectivity index (χ1n) is 18.2. The summed E-state index contributed by atoms with van der Waals surface area (Å²) in [6.45, 7) is -1.53. The minimum Gasteiger partial charge on any atom is -0.394 e. The van der Waals surface area contributed by atoms with Gasteiger partial charge in [-0.2, -0.15) is 0 Å². The molecule has 0 aromatic carbocycles. The maximum atomic E-state index is 12.4. The Kier molecular flexibility index (Phi) is 18.0. The Hall–Kier alpha value is -1.78. The van der Waals surface area contributed by atoms with Crippen LogP contribution >= 0.6 is 0 Å². The van der Waals surface area contributed by atoms with Crippen LogP contribution in [0.2, 0.25) is 0 Å². The number of nitrogens with one attached hydrogen (secondary N) is 1. The van der Waals surface area contributed by atoms with E-state index in [0.717, 1.165) is 6.92 Å². The number of aldehydes is 1. The number of aliphatic hydroxyl groups excluding tert-OH is 15. The van der Waals surface area contributed by atoms with Gasteiger partial charge in [0.1, 0.15) is 116 Å². The number of amides is 1. The molecule has 26 nitrogen and oxygen atoms in total. The molecular formula is C32H55NO25. The van der Waals surface area contributed by atoms with Crippen molar-refractivity contribution in [3.8, 4) is 0 Å². The zero-order valence-electron chi connectivity index (χ0n) is 31.1. The van der Waals surface area contributed by atoms with Crippen LogP contribution in [0.5, 0.6) is 0 Å². The molecule has 0 radical (unpaired) electrons. The second-order valence-corrected chi connectivity index (χ2v) is 14.3. The highest BCUT2D eigenvalue weighted by molar-refractivity contribution is 5.73. The summed E-state index contributed by atoms with van der Waals surface area (Å²) in [5.41, 5.74) is 0. The molecule has 4 saturated heterocycles. The van der Waals surface area contributed by atoms with E-state index in [4.69, 9.17) is 37.9 Å². The first-order chi connectivity index (χ1) is 27.3. The number of ether oxygens (including phenoxy) is 8. The van der Waals surface area contributed by atoms with E-state index in [0.29, 0.717) is 0 Å². The highest BCUT2D eigenvalue weighted by Crippen LogP contribution is 2.35. The molecule has 4 aliphatic rings. The minimum absolute atomic E-state index is 0.112. The number of rotatable bonds is 17. The number of hydrogen-bond donors (Lipinski definition) is 16. The van der Waals surface area contributed by atoms with Crippen LogP contribution in [0, 0.1) is 0 Å². The van der Waals surface area contributed by atoms with Gasteiger partial charge in [-0.15, -0.1) is 0 Å². The summed E-state index contributed by atoms with van der Waals surface area (Å²) < 4.78 is 44.8. The number of carbonyl (C=O) groups excluding carboxylic acids is 2. The lowest BCUT2D eigenvalue weighted by atomic mass is 9.94. The van der Waals surface area contributed by atoms with E-state index in [-0.39, 0.29) is 6.29 Å². The molecule has 24 atom stereocenters. The zero-order chi connectivity index (χ0) is 43.3. The van der Waals surface area contributed by atoms with Gasteiger partial charge in [0.05, 0.1) is 32.5 Å². The van der Waals surface area contributed by atoms with Crippen molar-refractivity contribution in [1.29, 1.82) is 0 Å². The molecule has 0 aromatic rings. The number of hydrogen-bond acceptors (Lipinski definition) is 25. The van der Waals surface area contributed by atoms with E-state index in [1.54, 1.807) is 0 Å². The molecule has 0 unspecified atom stereocenters. The van der Waals surface area contributed by atoms with Gasteiger partial charge in [0.15, 0.2) is 31.4 Å². The van der Waals surface area contributed by atoms with Crippen LogP contribution in [0.15, 0.2) is 0 Å². The molecule has 58 heavy (non-hydrogen) atoms. The van der Waals surface area contributed by atoms with E-state index in [1.165, 1.54) is 6.92 Å². The van der Waals surface area contributed by atoms with Gasteiger partial charge in [-0.25, -0.2) is 0 Å². The molecular weight excluding hydrogens is 798 g/mol. The fourth-order valence-corrected chi connectivity index (χ4v) is 6.91. The molecule has 26 heteroatoms. The summed E-state index contributed by atoms with van der Waals surface area (Å²) >= 11 is 0. The second-order valence-electron chi connectivity index (χ2n) is 14.3. The largest absolute Gasteiger partial charge is 0.394 e. The molecule has 4 heterocycles. The maximum absolute atomic E-state index is 12.4. The Balaban J connectivity index is 1.56. The average molecular weight is 854 g/mol. The lowest BCUT2D eigenvalue weighted by Crippen LogP contribution is -2.69. The molecule has 0 saturated carbocycles. The lowest BCUT2D eigenvalue weighted by molar-refractivity contribution is -0.381. The Morgan fingerprint density at radius 1 is 0.621 bits per heavy atom. The zero-order valence-corrected chi connectivity index (χ0v) is 31.1. The van der Waals surface area contributed by atoms with Crippen molar-refractivity contribution in [2.75, 3.05) is 26.4 Å². The van der Waals surface area contributed by atoms with Crippen molar-refractivity contribution in [2.45, 2.75) is 161 Å². The van der Waals surface area contributed by atoms with E-state index < -0.39 is 180 Å². The second kappa shape index (κ2) is 21.3. The molecule has 0 aromatic heterocycles. The third kappa shape index (κ3) is 10.6. The Morgan fingerprint density at radius 2 is 1.12 bits per heavy atom. The molecule has 338 valence electrons. The third-order valence-electron chi connectivity index (χ3n) is 10.2. The fraction of sp³-hybridized carbons (Fsp3) is 0.938. The van der Waals surface area contributed by atoms with Gasteiger partial charge in [-0.1, -0.05) is 0 Å². The van der Waals surface area contributed by atoms with Gasteiger partial charge in [0.25, 0.3) is 0 Å². The third-order valence-corrected chi connectivity index (χ3v) is 10.2. The maximum Gasteiger partial charge on any atom is 0.217 e. The molecule has 0 bridgehead atoms. The molecule has 0 spiro atoms. The van der Waals surface area contributed by atoms with Crippen LogP contribution < -0.4 is 5.32 Å². The first kappa shape index (κ1) is 48.9. The van der Waals surface area contributed by atoms with Crippen molar-refractivity contribution in [2.24, 2.45) is 0 Å². The molecule has 16 N–H and O–H groups in total. The first-order valence-corrected chi connectivity index (χ1v) is 18.2. The van der Waals surface area contributed by atoms with Crippen molar-refractivity contribution in [1.82, 2.24) is 5.32 Å². The van der Waals surface area contributed by atoms with Crippen molar-refractivity contribution in [3.63, 3.8) is 0 Å². The Morgan fingerprint density at radius 3 is 1.69 bits per heavy atom. The topological polar surface area (TPSA) is 423 Å². The number of carbonyl (C=O) groups is 2. The summed E-state index contributed by atoms with van der Waals surface area (Å²) in [4.78, 5) is 23.5. The van der Waals surface area contributed by atoms with E-state index >= 15 is 0 Å². The SMILES string of the molecule is CC(=O)N[C@H]1[C@H](O[C@H]2[C@@H](O)[C@@H](CO)O[C@@H](O[C@@H]([C@H](O)[C@@H](O)C=O)[C@H](O)CO)[C@@H]2O)O[C@H](CO)[C@@H](O[C@@H]2O[C@@H](C)[C@@H](O)[C@@H](O[C@@H]3O[C@H](CO)[C@H](O)[C@H](O)[C@H]3O)[C@@H]2O)[C@@H]1O. The van der Waals surface area contributed by atoms with Crippen LogP contribution in [0.25, 0.3) is 0 Å². The molecule has 4 rings (SSSR count). The van der Waals surface area contributed by atoms with Gasteiger partial charge in [0.2, 0.25) is 5.91 Å². The van der Waals surface area contributed by atoms with E-state index in [2.05, 4.69) is 5.32 Å². The van der Waals surface area contributed by atoms with Gasteiger partial charge in [-0.3, -0.25) is 4.79 Å². The number of aliphatic hydroxyl groups is 15. The Bertz CT molecular complexity index is 1290. The van der Waals surface area contributed by atoms with Crippen LogP contribution in [0.4, 0.5) is 0 Å². The molecule has 1 amide bonds. The quantitative estimate of drug-likeness (QED) is 0.0604. The van der Waals surface area contributed by atoms with E-state index in [1.807, 2.05) is 0 Å². The van der Waals surface area contributed by atoms with Gasteiger partial charge in [0, 0.05) is 6.92 Å². The lowest BCUT2D eigenvalue weighted by Gasteiger charge is -2.50. The standard InChI is InChI=1S/C32H55NO25/c1-8-16(42)27(58-30-22(48)21(47)18(44)12(5-36)52-30)23(49)31(51-8)56-26-14(7-38)54-29(15(20(26)46)33-9(2)39)57-28-19(45)13(6-37)53-32(24(28)50)55-25(11(41)4-35)17(43)10(40)3-34/h3,8,10-32,35-38,40-50H,4-7H2,1-2H3,(H,33,39)/t8-,10-,11+,12+,13+,14+,15+,16+,17+,18-,19-,20+,21-,22+,23-,24+,25+,26+,27+,28-,29-,30-,31-,32-/m0/s1. The fourth-order valence-electron chi connectivity index (χ4n) is 6.91. The monoisotopic (exact) mass is 853 g/mol. The minimum atomic E-state index is -2.20. The van der Waals surface area contributed by atoms with Crippen molar-refractivity contribution >= 4 is 12.2 Å². The molecule has 4 fully saturated rings. The Labute approximate surface area is 329 Å². The summed E-state index contributed by atoms with van der Waals surface area (Å²) in [6, 6.07) is -1.71. The summed E-state index contributed by atoms with van der Waals surface area (Å²) in [5, 5.41) is 159. The van der Waals surface area contributed by atoms with Crippen LogP contribution in [0.3, 0.4) is 0 Å². The highest BCUT2D eigenvalue weighted by atomic mass is 16.8. The smallest absolute Gasteiger partial charge is 0.217 e. The van der Waals surface area contributed by atoms with Gasteiger partial charge >= 0.3 is 0 Å². The predicted molar refractivity (Wildman–Crippen MR) is 178 cm³/mol. The normalized spacial score (nSPS) is 45.8. The van der Waals surface area contributed by atoms with Crippen LogP contribution in [-0.2, 0) is 47.5 Å². The summed E-state index contributed by atoms with van der Waals surface area (Å²) in [7, 11) is 0. The summed E-state index contributed by atoms with van der Waals surface area (Å²) in [5.74, 6) is -0.813. The van der Waals surface area contributed by atoms with Crippen molar-refractivity contribution < 1.29 is 124 Å².